The lowest BCUT2D eigenvalue weighted by Gasteiger charge is -2.29. The largest absolute Gasteiger partial charge is 0.295 e. The van der Waals surface area contributed by atoms with Gasteiger partial charge in [0.15, 0.2) is 11.6 Å². The number of benzene rings is 3. The van der Waals surface area contributed by atoms with Gasteiger partial charge < -0.3 is 0 Å². The molecule has 0 amide bonds. The Balaban J connectivity index is 2.05. The first-order chi connectivity index (χ1) is 11.7. The van der Waals surface area contributed by atoms with Crippen molar-refractivity contribution in [3.8, 4) is 0 Å². The summed E-state index contributed by atoms with van der Waals surface area (Å²) in [7, 11) is 0. The first-order valence-corrected chi connectivity index (χ1v) is 8.01. The van der Waals surface area contributed by atoms with Gasteiger partial charge in [0.25, 0.3) is 0 Å². The van der Waals surface area contributed by atoms with Crippen LogP contribution in [0, 0.1) is 0 Å². The minimum atomic E-state index is -0.102. The van der Waals surface area contributed by atoms with E-state index >= 15 is 0 Å². The summed E-state index contributed by atoms with van der Waals surface area (Å²) in [6.45, 7) is 1.59. The molecule has 116 valence electrons. The molecule has 4 rings (SSSR count). The molecule has 24 heavy (non-hydrogen) atoms. The Morgan fingerprint density at radius 1 is 0.708 bits per heavy atom. The molecule has 0 aliphatic heterocycles. The molecule has 0 saturated heterocycles. The zero-order valence-corrected chi connectivity index (χ0v) is 13.3. The van der Waals surface area contributed by atoms with Crippen molar-refractivity contribution in [2.24, 2.45) is 0 Å². The lowest BCUT2D eigenvalue weighted by atomic mass is 9.73. The Morgan fingerprint density at radius 2 is 1.17 bits per heavy atom. The van der Waals surface area contributed by atoms with Crippen LogP contribution in [0.4, 0.5) is 0 Å². The molecule has 0 aromatic heterocycles. The Morgan fingerprint density at radius 3 is 1.71 bits per heavy atom. The summed E-state index contributed by atoms with van der Waals surface area (Å²) in [4.78, 5) is 25.0. The molecular weight excluding hydrogens is 296 g/mol. The van der Waals surface area contributed by atoms with E-state index in [4.69, 9.17) is 0 Å². The Hall–Kier alpha value is -3.00. The molecule has 1 aliphatic rings. The second-order valence-corrected chi connectivity index (χ2v) is 6.08. The number of Topliss-reactive ketones (excluding diaryl/α,β-unsaturated/α-hetero) is 1. The minimum Gasteiger partial charge on any atom is -0.295 e. The highest BCUT2D eigenvalue weighted by molar-refractivity contribution is 6.13. The third kappa shape index (κ3) is 2.11. The topological polar surface area (TPSA) is 34.1 Å². The fourth-order valence-electron chi connectivity index (χ4n) is 3.63. The summed E-state index contributed by atoms with van der Waals surface area (Å²) in [6, 6.07) is 23.1. The third-order valence-electron chi connectivity index (χ3n) is 4.68. The fourth-order valence-corrected chi connectivity index (χ4v) is 3.63. The number of fused-ring (bicyclic) bond motifs is 2. The lowest BCUT2D eigenvalue weighted by molar-refractivity contribution is 0.101. The van der Waals surface area contributed by atoms with E-state index < -0.39 is 0 Å². The molecule has 0 N–H and O–H groups in total. The van der Waals surface area contributed by atoms with Gasteiger partial charge in [-0.1, -0.05) is 72.8 Å². The van der Waals surface area contributed by atoms with Crippen LogP contribution >= 0.6 is 0 Å². The van der Waals surface area contributed by atoms with Crippen molar-refractivity contribution in [3.63, 3.8) is 0 Å². The monoisotopic (exact) mass is 312 g/mol. The average molecular weight is 312 g/mol. The average Bonchev–Trinajstić information content (AvgIpc) is 2.62. The zero-order chi connectivity index (χ0) is 16.7. The molecule has 3 aromatic carbocycles. The van der Waals surface area contributed by atoms with Gasteiger partial charge in [0.1, 0.15) is 0 Å². The first kappa shape index (κ1) is 14.6. The van der Waals surface area contributed by atoms with E-state index in [0.29, 0.717) is 5.56 Å². The second kappa shape index (κ2) is 5.57. The van der Waals surface area contributed by atoms with Gasteiger partial charge in [0, 0.05) is 22.6 Å². The van der Waals surface area contributed by atoms with Crippen molar-refractivity contribution in [2.75, 3.05) is 0 Å². The Bertz CT molecular complexity index is 919. The molecule has 0 saturated carbocycles. The fraction of sp³-hybridized carbons (Fsp3) is 0.0909. The number of hydrogen-bond donors (Lipinski definition) is 0. The summed E-state index contributed by atoms with van der Waals surface area (Å²) < 4.78 is 0. The molecule has 0 bridgehead atoms. The highest BCUT2D eigenvalue weighted by Gasteiger charge is 2.32. The molecular formula is C22H16O2. The van der Waals surface area contributed by atoms with Gasteiger partial charge in [-0.05, 0) is 23.6 Å². The van der Waals surface area contributed by atoms with Crippen LogP contribution in [-0.4, -0.2) is 11.6 Å². The van der Waals surface area contributed by atoms with Crippen LogP contribution in [0.25, 0.3) is 0 Å². The molecule has 0 atom stereocenters. The molecule has 2 nitrogen and oxygen atoms in total. The predicted molar refractivity (Wildman–Crippen MR) is 93.7 cm³/mol. The quantitative estimate of drug-likeness (QED) is 0.506. The molecule has 1 aliphatic carbocycles. The SMILES string of the molecule is CC(=O)c1ccccc1C1c2ccccc2C(=O)c2ccccc21. The summed E-state index contributed by atoms with van der Waals surface area (Å²) in [5.41, 5.74) is 5.04. The van der Waals surface area contributed by atoms with Crippen LogP contribution in [0.3, 0.4) is 0 Å². The number of carbonyl (C=O) groups is 2. The first-order valence-electron chi connectivity index (χ1n) is 8.01. The number of rotatable bonds is 2. The van der Waals surface area contributed by atoms with Crippen LogP contribution in [0.15, 0.2) is 72.8 Å². The van der Waals surface area contributed by atoms with Crippen LogP contribution in [0.2, 0.25) is 0 Å². The summed E-state index contributed by atoms with van der Waals surface area (Å²) in [6.07, 6.45) is 0. The van der Waals surface area contributed by atoms with Crippen molar-refractivity contribution in [1.82, 2.24) is 0 Å². The lowest BCUT2D eigenvalue weighted by Crippen LogP contribution is -2.21. The summed E-state index contributed by atoms with van der Waals surface area (Å²) in [5, 5.41) is 0. The van der Waals surface area contributed by atoms with Crippen molar-refractivity contribution in [3.05, 3.63) is 106 Å². The minimum absolute atomic E-state index is 0.0393. The summed E-state index contributed by atoms with van der Waals surface area (Å²) >= 11 is 0. The molecule has 3 aromatic rings. The smallest absolute Gasteiger partial charge is 0.193 e. The number of hydrogen-bond acceptors (Lipinski definition) is 2. The van der Waals surface area contributed by atoms with Crippen molar-refractivity contribution < 1.29 is 9.59 Å². The van der Waals surface area contributed by atoms with Crippen LogP contribution in [-0.2, 0) is 0 Å². The standard InChI is InChI=1S/C22H16O2/c1-14(23)15-8-2-3-9-16(15)21-17-10-4-6-12-19(17)22(24)20-13-7-5-11-18(20)21/h2-13,21H,1H3. The van der Waals surface area contributed by atoms with Crippen LogP contribution in [0.1, 0.15) is 55.8 Å². The maximum Gasteiger partial charge on any atom is 0.193 e. The molecule has 0 radical (unpaired) electrons. The number of ketones is 2. The van der Waals surface area contributed by atoms with Gasteiger partial charge in [-0.25, -0.2) is 0 Å². The van der Waals surface area contributed by atoms with Gasteiger partial charge in [-0.15, -0.1) is 0 Å². The number of carbonyl (C=O) groups excluding carboxylic acids is 2. The molecule has 0 unspecified atom stereocenters. The second-order valence-electron chi connectivity index (χ2n) is 6.08. The Labute approximate surface area is 140 Å². The zero-order valence-electron chi connectivity index (χ0n) is 13.3. The van der Waals surface area contributed by atoms with E-state index in [2.05, 4.69) is 0 Å². The van der Waals surface area contributed by atoms with Gasteiger partial charge >= 0.3 is 0 Å². The predicted octanol–water partition coefficient (Wildman–Crippen LogP) is 4.61. The van der Waals surface area contributed by atoms with E-state index in [1.165, 1.54) is 0 Å². The van der Waals surface area contributed by atoms with Crippen molar-refractivity contribution in [2.45, 2.75) is 12.8 Å². The highest BCUT2D eigenvalue weighted by Crippen LogP contribution is 2.41. The Kier molecular flexibility index (Phi) is 3.39. The maximum atomic E-state index is 12.8. The van der Waals surface area contributed by atoms with E-state index in [1.807, 2.05) is 72.8 Å². The molecule has 0 heterocycles. The van der Waals surface area contributed by atoms with Gasteiger partial charge in [-0.2, -0.15) is 0 Å². The normalized spacial score (nSPS) is 13.3. The van der Waals surface area contributed by atoms with Gasteiger partial charge in [0.05, 0.1) is 0 Å². The summed E-state index contributed by atoms with van der Waals surface area (Å²) in [5.74, 6) is -0.00887. The van der Waals surface area contributed by atoms with E-state index in [9.17, 15) is 9.59 Å². The van der Waals surface area contributed by atoms with Crippen LogP contribution < -0.4 is 0 Å². The molecule has 0 fully saturated rings. The van der Waals surface area contributed by atoms with E-state index in [-0.39, 0.29) is 17.5 Å². The third-order valence-corrected chi connectivity index (χ3v) is 4.68. The van der Waals surface area contributed by atoms with E-state index in [1.54, 1.807) is 6.92 Å². The van der Waals surface area contributed by atoms with Gasteiger partial charge in [0.2, 0.25) is 0 Å². The maximum absolute atomic E-state index is 12.8. The van der Waals surface area contributed by atoms with Crippen molar-refractivity contribution in [1.29, 1.82) is 0 Å². The van der Waals surface area contributed by atoms with Gasteiger partial charge in [-0.3, -0.25) is 9.59 Å². The molecule has 0 spiro atoms. The highest BCUT2D eigenvalue weighted by atomic mass is 16.1. The van der Waals surface area contributed by atoms with Crippen molar-refractivity contribution >= 4 is 11.6 Å². The van der Waals surface area contributed by atoms with E-state index in [0.717, 1.165) is 27.8 Å². The molecule has 2 heteroatoms. The van der Waals surface area contributed by atoms with Crippen LogP contribution in [0.5, 0.6) is 0 Å².